The fourth-order valence-corrected chi connectivity index (χ4v) is 1.12. The van der Waals surface area contributed by atoms with Gasteiger partial charge in [0, 0.05) is 6.42 Å². The van der Waals surface area contributed by atoms with E-state index in [1.54, 1.807) is 6.92 Å². The zero-order valence-corrected chi connectivity index (χ0v) is 9.15. The first kappa shape index (κ1) is 12.2. The lowest BCUT2D eigenvalue weighted by Crippen LogP contribution is -2.40. The third kappa shape index (κ3) is 2.78. The van der Waals surface area contributed by atoms with Crippen molar-refractivity contribution in [3.05, 3.63) is 11.6 Å². The van der Waals surface area contributed by atoms with Gasteiger partial charge in [0.2, 0.25) is 5.82 Å². The van der Waals surface area contributed by atoms with Gasteiger partial charge in [0.15, 0.2) is 0 Å². The van der Waals surface area contributed by atoms with Gasteiger partial charge in [0.1, 0.15) is 11.9 Å². The van der Waals surface area contributed by atoms with Crippen molar-refractivity contribution >= 4 is 11.9 Å². The number of aromatic nitrogens is 3. The van der Waals surface area contributed by atoms with Crippen molar-refractivity contribution in [2.75, 3.05) is 0 Å². The smallest absolute Gasteiger partial charge is 0.326 e. The molecule has 0 fully saturated rings. The lowest BCUT2D eigenvalue weighted by Gasteiger charge is -2.09. The normalized spacial score (nSPS) is 12.1. The minimum atomic E-state index is -1.07. The highest BCUT2D eigenvalue weighted by Gasteiger charge is 2.20. The van der Waals surface area contributed by atoms with Crippen LogP contribution in [0.2, 0.25) is 0 Å². The van der Waals surface area contributed by atoms with E-state index in [9.17, 15) is 9.59 Å². The Bertz CT molecular complexity index is 388. The maximum Gasteiger partial charge on any atom is 0.326 e. The molecule has 1 amide bonds. The molecule has 0 bridgehead atoms. The van der Waals surface area contributed by atoms with E-state index in [2.05, 4.69) is 20.5 Å². The predicted molar refractivity (Wildman–Crippen MR) is 54.9 cm³/mol. The van der Waals surface area contributed by atoms with Crippen LogP contribution in [0.15, 0.2) is 0 Å². The Labute approximate surface area is 92.3 Å². The van der Waals surface area contributed by atoms with Gasteiger partial charge >= 0.3 is 5.97 Å². The van der Waals surface area contributed by atoms with Crippen molar-refractivity contribution in [1.82, 2.24) is 20.5 Å². The molecule has 0 aromatic carbocycles. The summed E-state index contributed by atoms with van der Waals surface area (Å²) in [6.07, 6.45) is 0.947. The van der Waals surface area contributed by atoms with Gasteiger partial charge in [0.05, 0.1) is 0 Å². The van der Waals surface area contributed by atoms with E-state index < -0.39 is 17.9 Å². The number of aliphatic carboxylic acids is 1. The van der Waals surface area contributed by atoms with Crippen LogP contribution in [0, 0.1) is 0 Å². The Morgan fingerprint density at radius 1 is 1.50 bits per heavy atom. The lowest BCUT2D eigenvalue weighted by molar-refractivity contribution is -0.139. The molecule has 0 aliphatic rings. The van der Waals surface area contributed by atoms with Gasteiger partial charge in [-0.25, -0.2) is 9.78 Å². The molecule has 1 rings (SSSR count). The highest BCUT2D eigenvalue weighted by atomic mass is 16.4. The molecule has 0 saturated heterocycles. The van der Waals surface area contributed by atoms with Gasteiger partial charge in [-0.05, 0) is 6.42 Å². The summed E-state index contributed by atoms with van der Waals surface area (Å²) in [5.74, 6) is -1.09. The van der Waals surface area contributed by atoms with Gasteiger partial charge in [0.25, 0.3) is 5.91 Å². The summed E-state index contributed by atoms with van der Waals surface area (Å²) < 4.78 is 0. The number of hydrogen-bond acceptors (Lipinski definition) is 4. The average Bonchev–Trinajstić information content (AvgIpc) is 2.73. The van der Waals surface area contributed by atoms with Crippen LogP contribution in [-0.4, -0.2) is 38.2 Å². The third-order valence-electron chi connectivity index (χ3n) is 2.08. The van der Waals surface area contributed by atoms with Crippen molar-refractivity contribution in [2.24, 2.45) is 0 Å². The molecule has 7 heteroatoms. The zero-order chi connectivity index (χ0) is 12.1. The number of aryl methyl sites for hydroxylation is 1. The summed E-state index contributed by atoms with van der Waals surface area (Å²) in [5.41, 5.74) is 0. The fraction of sp³-hybridized carbons (Fsp3) is 0.556. The largest absolute Gasteiger partial charge is 0.480 e. The number of nitrogens with zero attached hydrogens (tertiary/aromatic N) is 2. The Morgan fingerprint density at radius 3 is 2.62 bits per heavy atom. The van der Waals surface area contributed by atoms with Crippen molar-refractivity contribution in [3.63, 3.8) is 0 Å². The number of aromatic amines is 1. The van der Waals surface area contributed by atoms with E-state index in [0.717, 1.165) is 0 Å². The number of nitrogens with one attached hydrogen (secondary N) is 2. The summed E-state index contributed by atoms with van der Waals surface area (Å²) in [5, 5.41) is 17.4. The standard InChI is InChI=1S/C9H14N4O3/c1-3-5(9(15)16)10-8(14)7-11-6(4-2)12-13-7/h5H,3-4H2,1-2H3,(H,10,14)(H,15,16)(H,11,12,13)/t5-/m0/s1. The minimum Gasteiger partial charge on any atom is -0.480 e. The van der Waals surface area contributed by atoms with Crippen molar-refractivity contribution in [2.45, 2.75) is 32.7 Å². The Kier molecular flexibility index (Phi) is 3.98. The van der Waals surface area contributed by atoms with E-state index >= 15 is 0 Å². The molecule has 0 radical (unpaired) electrons. The average molecular weight is 226 g/mol. The topological polar surface area (TPSA) is 108 Å². The summed E-state index contributed by atoms with van der Waals surface area (Å²) in [6.45, 7) is 3.54. The first-order valence-corrected chi connectivity index (χ1v) is 5.03. The number of rotatable bonds is 5. The molecule has 1 aromatic rings. The van der Waals surface area contributed by atoms with Crippen molar-refractivity contribution in [1.29, 1.82) is 0 Å². The quantitative estimate of drug-likeness (QED) is 0.652. The van der Waals surface area contributed by atoms with Crippen molar-refractivity contribution < 1.29 is 14.7 Å². The van der Waals surface area contributed by atoms with Crippen molar-refractivity contribution in [3.8, 4) is 0 Å². The molecule has 0 unspecified atom stereocenters. The van der Waals surface area contributed by atoms with E-state index in [0.29, 0.717) is 18.7 Å². The summed E-state index contributed by atoms with van der Waals surface area (Å²) in [6, 6.07) is -0.906. The third-order valence-corrected chi connectivity index (χ3v) is 2.08. The molecule has 3 N–H and O–H groups in total. The number of amides is 1. The van der Waals surface area contributed by atoms with Crippen LogP contribution in [0.4, 0.5) is 0 Å². The van der Waals surface area contributed by atoms with Gasteiger partial charge < -0.3 is 10.4 Å². The molecule has 0 saturated carbocycles. The molecule has 7 nitrogen and oxygen atoms in total. The number of carboxylic acid groups (broad SMARTS) is 1. The Morgan fingerprint density at radius 2 is 2.19 bits per heavy atom. The summed E-state index contributed by atoms with van der Waals surface area (Å²) >= 11 is 0. The SMILES string of the molecule is CCc1nc(C(=O)N[C@@H](CC)C(=O)O)n[nH]1. The van der Waals surface area contributed by atoms with Gasteiger partial charge in [-0.1, -0.05) is 13.8 Å². The number of H-pyrrole nitrogens is 1. The van der Waals surface area contributed by atoms with E-state index in [1.165, 1.54) is 0 Å². The lowest BCUT2D eigenvalue weighted by atomic mass is 10.2. The summed E-state index contributed by atoms with van der Waals surface area (Å²) in [7, 11) is 0. The van der Waals surface area contributed by atoms with Crippen LogP contribution < -0.4 is 5.32 Å². The van der Waals surface area contributed by atoms with E-state index in [1.807, 2.05) is 6.92 Å². The number of hydrogen-bond donors (Lipinski definition) is 3. The zero-order valence-electron chi connectivity index (χ0n) is 9.15. The van der Waals surface area contributed by atoms with Crippen LogP contribution >= 0.6 is 0 Å². The van der Waals surface area contributed by atoms with E-state index in [4.69, 9.17) is 5.11 Å². The maximum atomic E-state index is 11.5. The number of carbonyl (C=O) groups is 2. The second kappa shape index (κ2) is 5.24. The molecule has 1 atom stereocenters. The van der Waals surface area contributed by atoms with Crippen LogP contribution in [0.1, 0.15) is 36.7 Å². The number of carboxylic acids is 1. The molecule has 16 heavy (non-hydrogen) atoms. The Hall–Kier alpha value is -1.92. The molecule has 1 aromatic heterocycles. The maximum absolute atomic E-state index is 11.5. The molecule has 0 aliphatic carbocycles. The molecular formula is C9H14N4O3. The van der Waals surface area contributed by atoms with E-state index in [-0.39, 0.29) is 5.82 Å². The van der Waals surface area contributed by atoms with Gasteiger partial charge in [-0.3, -0.25) is 9.89 Å². The van der Waals surface area contributed by atoms with Gasteiger partial charge in [-0.15, -0.1) is 5.10 Å². The van der Waals surface area contributed by atoms with Crippen LogP contribution in [0.25, 0.3) is 0 Å². The van der Waals surface area contributed by atoms with Gasteiger partial charge in [-0.2, -0.15) is 0 Å². The highest BCUT2D eigenvalue weighted by Crippen LogP contribution is 1.96. The first-order chi connectivity index (χ1) is 7.58. The molecular weight excluding hydrogens is 212 g/mol. The molecule has 1 heterocycles. The Balaban J connectivity index is 2.67. The number of carbonyl (C=O) groups excluding carboxylic acids is 1. The van der Waals surface area contributed by atoms with Crippen LogP contribution in [-0.2, 0) is 11.2 Å². The minimum absolute atomic E-state index is 0.0310. The van der Waals surface area contributed by atoms with Crippen LogP contribution in [0.5, 0.6) is 0 Å². The predicted octanol–water partition coefficient (Wildman–Crippen LogP) is -0.0399. The molecule has 88 valence electrons. The first-order valence-electron chi connectivity index (χ1n) is 5.03. The molecule has 0 spiro atoms. The fourth-order valence-electron chi connectivity index (χ4n) is 1.12. The van der Waals surface area contributed by atoms with Crippen LogP contribution in [0.3, 0.4) is 0 Å². The monoisotopic (exact) mass is 226 g/mol. The molecule has 0 aliphatic heterocycles. The highest BCUT2D eigenvalue weighted by molar-refractivity contribution is 5.93. The summed E-state index contributed by atoms with van der Waals surface area (Å²) in [4.78, 5) is 26.1. The second-order valence-corrected chi connectivity index (χ2v) is 3.23. The second-order valence-electron chi connectivity index (χ2n) is 3.23.